The molecule has 190 valence electrons. The second kappa shape index (κ2) is 8.55. The van der Waals surface area contributed by atoms with Crippen molar-refractivity contribution in [3.05, 3.63) is 152 Å². The maximum absolute atomic E-state index is 2.46. The van der Waals surface area contributed by atoms with Crippen LogP contribution >= 0.6 is 0 Å². The van der Waals surface area contributed by atoms with Crippen LogP contribution in [0.15, 0.2) is 152 Å². The Kier molecular flexibility index (Phi) is 4.67. The first-order valence-electron chi connectivity index (χ1n) is 14.2. The normalized spacial score (nSPS) is 11.9. The van der Waals surface area contributed by atoms with Crippen LogP contribution in [0.5, 0.6) is 0 Å². The van der Waals surface area contributed by atoms with E-state index in [1.54, 1.807) is 0 Å². The molecule has 0 saturated heterocycles. The molecule has 7 aromatic carbocycles. The molecule has 0 atom stereocenters. The van der Waals surface area contributed by atoms with Crippen molar-refractivity contribution in [2.75, 3.05) is 0 Å². The summed E-state index contributed by atoms with van der Waals surface area (Å²) in [6.07, 6.45) is 0. The highest BCUT2D eigenvalue weighted by Gasteiger charge is 2.24. The summed E-state index contributed by atoms with van der Waals surface area (Å²) in [5, 5.41) is 5.31. The third-order valence-corrected chi connectivity index (χ3v) is 8.73. The molecule has 8 aromatic rings. The van der Waals surface area contributed by atoms with E-state index >= 15 is 0 Å². The van der Waals surface area contributed by atoms with E-state index in [4.69, 9.17) is 0 Å². The quantitative estimate of drug-likeness (QED) is 0.219. The van der Waals surface area contributed by atoms with Crippen molar-refractivity contribution in [1.29, 1.82) is 0 Å². The van der Waals surface area contributed by atoms with E-state index in [1.807, 2.05) is 0 Å². The standard InChI is InChI=1S/C40H25N/c1-2-9-26(10-3-1)27-19-21-28(22-20-27)30-12-6-13-31(25-30)41-36-18-8-17-35-33-15-5-4-14-32(33)34-16-7-11-29-23-24-37(41)40(38(29)34)39(35)36/h1-25H. The minimum atomic E-state index is 1.18. The van der Waals surface area contributed by atoms with Crippen molar-refractivity contribution in [1.82, 2.24) is 4.57 Å². The fourth-order valence-corrected chi connectivity index (χ4v) is 6.92. The second-order valence-electron chi connectivity index (χ2n) is 10.9. The van der Waals surface area contributed by atoms with E-state index in [9.17, 15) is 0 Å². The van der Waals surface area contributed by atoms with Crippen LogP contribution in [0.1, 0.15) is 0 Å². The Balaban J connectivity index is 1.30. The number of aromatic nitrogens is 1. The van der Waals surface area contributed by atoms with E-state index in [0.717, 1.165) is 0 Å². The van der Waals surface area contributed by atoms with Gasteiger partial charge in [0, 0.05) is 16.5 Å². The summed E-state index contributed by atoms with van der Waals surface area (Å²) in [7, 11) is 0. The van der Waals surface area contributed by atoms with Crippen molar-refractivity contribution in [2.24, 2.45) is 0 Å². The molecule has 9 rings (SSSR count). The molecule has 1 aromatic heterocycles. The largest absolute Gasteiger partial charge is 0.309 e. The Bertz CT molecular complexity index is 2290. The third-order valence-electron chi connectivity index (χ3n) is 8.73. The maximum Gasteiger partial charge on any atom is 0.0548 e. The predicted octanol–water partition coefficient (Wildman–Crippen LogP) is 10.9. The molecule has 0 bridgehead atoms. The van der Waals surface area contributed by atoms with Crippen molar-refractivity contribution >= 4 is 32.6 Å². The molecule has 0 saturated carbocycles. The summed E-state index contributed by atoms with van der Waals surface area (Å²) >= 11 is 0. The molecule has 1 aliphatic carbocycles. The van der Waals surface area contributed by atoms with Gasteiger partial charge in [-0.3, -0.25) is 0 Å². The molecule has 41 heavy (non-hydrogen) atoms. The van der Waals surface area contributed by atoms with Crippen molar-refractivity contribution in [3.8, 4) is 50.2 Å². The van der Waals surface area contributed by atoms with Gasteiger partial charge in [0.2, 0.25) is 0 Å². The number of nitrogens with zero attached hydrogens (tertiary/aromatic N) is 1. The molecular weight excluding hydrogens is 494 g/mol. The lowest BCUT2D eigenvalue weighted by atomic mass is 9.93. The molecule has 0 fully saturated rings. The molecule has 0 unspecified atom stereocenters. The SMILES string of the molecule is c1ccc(-c2ccc(-c3cccc(-n4c5cccc6c5c5c7c(cccc7ccc54)-c4ccccc4-6)c3)cc2)cc1. The first kappa shape index (κ1) is 22.4. The summed E-state index contributed by atoms with van der Waals surface area (Å²) in [5.74, 6) is 0. The van der Waals surface area contributed by atoms with Crippen LogP contribution in [-0.2, 0) is 0 Å². The van der Waals surface area contributed by atoms with Gasteiger partial charge in [0.05, 0.1) is 11.0 Å². The molecule has 0 aliphatic heterocycles. The Hall–Kier alpha value is -5.40. The fraction of sp³-hybridized carbons (Fsp3) is 0. The summed E-state index contributed by atoms with van der Waals surface area (Å²) in [4.78, 5) is 0. The highest BCUT2D eigenvalue weighted by molar-refractivity contribution is 6.30. The van der Waals surface area contributed by atoms with E-state index in [2.05, 4.69) is 156 Å². The van der Waals surface area contributed by atoms with Crippen LogP contribution in [0.3, 0.4) is 0 Å². The van der Waals surface area contributed by atoms with E-state index in [0.29, 0.717) is 0 Å². The van der Waals surface area contributed by atoms with E-state index < -0.39 is 0 Å². The fourth-order valence-electron chi connectivity index (χ4n) is 6.92. The minimum Gasteiger partial charge on any atom is -0.309 e. The highest BCUT2D eigenvalue weighted by atomic mass is 15.0. The third kappa shape index (κ3) is 3.24. The lowest BCUT2D eigenvalue weighted by Gasteiger charge is -2.14. The van der Waals surface area contributed by atoms with E-state index in [-0.39, 0.29) is 0 Å². The van der Waals surface area contributed by atoms with Gasteiger partial charge in [-0.15, -0.1) is 0 Å². The average molecular weight is 520 g/mol. The van der Waals surface area contributed by atoms with Gasteiger partial charge in [0.1, 0.15) is 0 Å². The topological polar surface area (TPSA) is 4.93 Å². The monoisotopic (exact) mass is 519 g/mol. The van der Waals surface area contributed by atoms with Crippen LogP contribution in [0, 0.1) is 0 Å². The number of fused-ring (bicyclic) bond motifs is 3. The molecule has 0 radical (unpaired) electrons. The van der Waals surface area contributed by atoms with Gasteiger partial charge in [-0.2, -0.15) is 0 Å². The molecule has 1 nitrogen and oxygen atoms in total. The van der Waals surface area contributed by atoms with Crippen molar-refractivity contribution in [2.45, 2.75) is 0 Å². The number of rotatable bonds is 3. The van der Waals surface area contributed by atoms with Crippen molar-refractivity contribution < 1.29 is 0 Å². The van der Waals surface area contributed by atoms with Crippen LogP contribution in [0.2, 0.25) is 0 Å². The average Bonchev–Trinajstić information content (AvgIpc) is 3.33. The van der Waals surface area contributed by atoms with Crippen LogP contribution in [0.4, 0.5) is 0 Å². The smallest absolute Gasteiger partial charge is 0.0548 e. The molecule has 0 amide bonds. The second-order valence-corrected chi connectivity index (χ2v) is 10.9. The molecule has 1 aliphatic rings. The predicted molar refractivity (Wildman–Crippen MR) is 174 cm³/mol. The Morgan fingerprint density at radius 3 is 1.66 bits per heavy atom. The Labute approximate surface area is 238 Å². The van der Waals surface area contributed by atoms with Gasteiger partial charge >= 0.3 is 0 Å². The molecule has 1 heteroatoms. The summed E-state index contributed by atoms with van der Waals surface area (Å²) in [5.41, 5.74) is 13.8. The summed E-state index contributed by atoms with van der Waals surface area (Å²) < 4.78 is 2.46. The highest BCUT2D eigenvalue weighted by Crippen LogP contribution is 2.49. The lowest BCUT2D eigenvalue weighted by Crippen LogP contribution is -1.95. The first-order valence-corrected chi connectivity index (χ1v) is 14.2. The summed E-state index contributed by atoms with van der Waals surface area (Å²) in [6.45, 7) is 0. The number of hydrogen-bond acceptors (Lipinski definition) is 0. The Morgan fingerprint density at radius 2 is 0.878 bits per heavy atom. The zero-order valence-corrected chi connectivity index (χ0v) is 22.4. The number of benzene rings is 7. The lowest BCUT2D eigenvalue weighted by molar-refractivity contribution is 1.18. The number of hydrogen-bond donors (Lipinski definition) is 0. The van der Waals surface area contributed by atoms with Crippen LogP contribution < -0.4 is 0 Å². The first-order chi connectivity index (χ1) is 20.3. The molecular formula is C40H25N. The zero-order valence-electron chi connectivity index (χ0n) is 22.4. The van der Waals surface area contributed by atoms with Gasteiger partial charge in [0.25, 0.3) is 0 Å². The van der Waals surface area contributed by atoms with Gasteiger partial charge in [-0.05, 0) is 79.5 Å². The molecule has 0 spiro atoms. The maximum atomic E-state index is 2.46. The van der Waals surface area contributed by atoms with Crippen molar-refractivity contribution in [3.63, 3.8) is 0 Å². The van der Waals surface area contributed by atoms with E-state index in [1.165, 1.54) is 82.8 Å². The molecule has 0 N–H and O–H groups in total. The van der Waals surface area contributed by atoms with Crippen LogP contribution in [0.25, 0.3) is 82.8 Å². The summed E-state index contributed by atoms with van der Waals surface area (Å²) in [6, 6.07) is 55.4. The van der Waals surface area contributed by atoms with Gasteiger partial charge in [0.15, 0.2) is 0 Å². The van der Waals surface area contributed by atoms with Gasteiger partial charge in [-0.1, -0.05) is 127 Å². The van der Waals surface area contributed by atoms with Gasteiger partial charge < -0.3 is 4.57 Å². The zero-order chi connectivity index (χ0) is 26.9. The van der Waals surface area contributed by atoms with Crippen LogP contribution in [-0.4, -0.2) is 4.57 Å². The minimum absolute atomic E-state index is 1.18. The molecule has 1 heterocycles. The van der Waals surface area contributed by atoms with Gasteiger partial charge in [-0.25, -0.2) is 0 Å². The Morgan fingerprint density at radius 1 is 0.317 bits per heavy atom.